The molecule has 0 fully saturated rings. The Kier molecular flexibility index (Phi) is 9.09. The van der Waals surface area contributed by atoms with Crippen molar-refractivity contribution < 1.29 is 4.79 Å². The maximum Gasteiger partial charge on any atom is 0.147 e. The third kappa shape index (κ3) is 6.24. The van der Waals surface area contributed by atoms with Crippen LogP contribution in [0, 0.1) is 0 Å². The van der Waals surface area contributed by atoms with E-state index in [1.807, 2.05) is 48.5 Å². The van der Waals surface area contributed by atoms with Crippen LogP contribution >= 0.6 is 27.4 Å². The van der Waals surface area contributed by atoms with E-state index < -0.39 is 21.0 Å². The number of hydrogen-bond donors (Lipinski definition) is 1. The van der Waals surface area contributed by atoms with Crippen molar-refractivity contribution in [1.29, 1.82) is 0 Å². The van der Waals surface area contributed by atoms with E-state index in [9.17, 15) is 4.79 Å². The van der Waals surface area contributed by atoms with Crippen LogP contribution in [0.1, 0.15) is 0 Å². The lowest BCUT2D eigenvalue weighted by molar-refractivity contribution is 0.564. The standard InChI is InChI=1S/C29H26ClNOP2/c30-29(34(26-17-9-3-10-18-26)27-19-11-4-12-20-27)28(23-32)31-21-22-33(24-13-5-1-6-14-24)25-15-7-2-8-16-25/h1-20,29,31H,21-22H2. The Morgan fingerprint density at radius 3 is 1.44 bits per heavy atom. The van der Waals surface area contributed by atoms with Gasteiger partial charge in [0.05, 0.1) is 0 Å². The second-order valence-corrected chi connectivity index (χ2v) is 13.0. The van der Waals surface area contributed by atoms with Crippen LogP contribution in [0.3, 0.4) is 0 Å². The summed E-state index contributed by atoms with van der Waals surface area (Å²) in [7, 11) is -1.52. The number of hydrogen-bond acceptors (Lipinski definition) is 2. The van der Waals surface area contributed by atoms with Crippen molar-refractivity contribution in [3.63, 3.8) is 0 Å². The zero-order valence-electron chi connectivity index (χ0n) is 18.7. The molecule has 0 aliphatic carbocycles. The summed E-state index contributed by atoms with van der Waals surface area (Å²) in [5.74, 6) is 2.12. The van der Waals surface area contributed by atoms with Crippen molar-refractivity contribution in [3.8, 4) is 0 Å². The lowest BCUT2D eigenvalue weighted by Gasteiger charge is -2.26. The molecule has 0 saturated heterocycles. The molecule has 2 nitrogen and oxygen atoms in total. The molecule has 1 N–H and O–H groups in total. The van der Waals surface area contributed by atoms with Gasteiger partial charge in [-0.25, -0.2) is 4.79 Å². The van der Waals surface area contributed by atoms with Gasteiger partial charge < -0.3 is 5.32 Å². The molecule has 0 bridgehead atoms. The van der Waals surface area contributed by atoms with Crippen LogP contribution in [-0.2, 0) is 4.79 Å². The molecule has 0 radical (unpaired) electrons. The van der Waals surface area contributed by atoms with Crippen LogP contribution in [0.4, 0.5) is 0 Å². The third-order valence-electron chi connectivity index (χ3n) is 5.43. The number of benzene rings is 4. The van der Waals surface area contributed by atoms with Gasteiger partial charge in [-0.05, 0) is 43.2 Å². The number of nitrogens with one attached hydrogen (secondary N) is 1. The van der Waals surface area contributed by atoms with E-state index in [-0.39, 0.29) is 0 Å². The van der Waals surface area contributed by atoms with Crippen LogP contribution in [0.5, 0.6) is 0 Å². The third-order valence-corrected chi connectivity index (χ3v) is 11.2. The van der Waals surface area contributed by atoms with Gasteiger partial charge >= 0.3 is 0 Å². The molecule has 5 heteroatoms. The molecule has 0 heterocycles. The van der Waals surface area contributed by atoms with E-state index in [1.165, 1.54) is 10.6 Å². The minimum Gasteiger partial charge on any atom is -0.378 e. The van der Waals surface area contributed by atoms with E-state index in [0.717, 1.165) is 16.8 Å². The second kappa shape index (κ2) is 12.7. The fourth-order valence-corrected chi connectivity index (χ4v) is 9.03. The van der Waals surface area contributed by atoms with Gasteiger partial charge in [-0.1, -0.05) is 121 Å². The molecule has 0 amide bonds. The highest BCUT2D eigenvalue weighted by Gasteiger charge is 2.27. The molecule has 1 atom stereocenters. The average Bonchev–Trinajstić information content (AvgIpc) is 2.91. The van der Waals surface area contributed by atoms with Crippen molar-refractivity contribution in [2.45, 2.75) is 5.12 Å². The molecule has 34 heavy (non-hydrogen) atoms. The SMILES string of the molecule is O=C=C(NCCP(c1ccccc1)c1ccccc1)C(Cl)P(c1ccccc1)c1ccccc1. The minimum atomic E-state index is -0.968. The topological polar surface area (TPSA) is 29.1 Å². The first-order chi connectivity index (χ1) is 16.8. The fraction of sp³-hybridized carbons (Fsp3) is 0.103. The molecule has 0 saturated carbocycles. The van der Waals surface area contributed by atoms with Gasteiger partial charge in [0.25, 0.3) is 0 Å². The van der Waals surface area contributed by atoms with Crippen molar-refractivity contribution in [2.75, 3.05) is 12.7 Å². The summed E-state index contributed by atoms with van der Waals surface area (Å²) in [6, 6.07) is 41.5. The molecular weight excluding hydrogens is 476 g/mol. The highest BCUT2D eigenvalue weighted by molar-refractivity contribution is 7.75. The molecule has 0 spiro atoms. The summed E-state index contributed by atoms with van der Waals surface area (Å²) in [5.41, 5.74) is 0.427. The summed E-state index contributed by atoms with van der Waals surface area (Å²) in [5, 5.41) is 7.77. The predicted octanol–water partition coefficient (Wildman–Crippen LogP) is 5.12. The number of allylic oxidation sites excluding steroid dienone is 1. The molecule has 170 valence electrons. The molecular formula is C29H26ClNOP2. The Hall–Kier alpha value is -2.72. The highest BCUT2D eigenvalue weighted by Crippen LogP contribution is 2.44. The zero-order chi connectivity index (χ0) is 23.6. The fourth-order valence-electron chi connectivity index (χ4n) is 3.81. The molecule has 4 rings (SSSR count). The van der Waals surface area contributed by atoms with E-state index in [0.29, 0.717) is 12.2 Å². The minimum absolute atomic E-state index is 0.427. The van der Waals surface area contributed by atoms with Gasteiger partial charge in [0.1, 0.15) is 16.8 Å². The lowest BCUT2D eigenvalue weighted by Crippen LogP contribution is -2.29. The molecule has 4 aromatic carbocycles. The summed E-state index contributed by atoms with van der Waals surface area (Å²) in [4.78, 5) is 12.0. The smallest absolute Gasteiger partial charge is 0.147 e. The van der Waals surface area contributed by atoms with Crippen molar-refractivity contribution >= 4 is 54.6 Å². The van der Waals surface area contributed by atoms with Gasteiger partial charge in [-0.2, -0.15) is 0 Å². The van der Waals surface area contributed by atoms with E-state index >= 15 is 0 Å². The Morgan fingerprint density at radius 2 is 1.06 bits per heavy atom. The number of carbonyl (C=O) groups excluding carboxylic acids is 1. The number of halogens is 1. The van der Waals surface area contributed by atoms with E-state index in [2.05, 4.69) is 84.1 Å². The largest absolute Gasteiger partial charge is 0.378 e. The van der Waals surface area contributed by atoms with Gasteiger partial charge in [-0.15, -0.1) is 11.6 Å². The maximum absolute atomic E-state index is 12.0. The van der Waals surface area contributed by atoms with Gasteiger partial charge in [-0.3, -0.25) is 0 Å². The van der Waals surface area contributed by atoms with Crippen molar-refractivity contribution in [1.82, 2.24) is 5.32 Å². The Labute approximate surface area is 209 Å². The Bertz CT molecular complexity index is 1120. The van der Waals surface area contributed by atoms with E-state index in [1.54, 1.807) is 0 Å². The van der Waals surface area contributed by atoms with Gasteiger partial charge in [0.2, 0.25) is 0 Å². The summed E-state index contributed by atoms with van der Waals surface area (Å²) >= 11 is 7.00. The molecule has 4 aromatic rings. The summed E-state index contributed by atoms with van der Waals surface area (Å²) < 4.78 is 0. The van der Waals surface area contributed by atoms with Crippen LogP contribution < -0.4 is 26.5 Å². The second-order valence-electron chi connectivity index (χ2n) is 7.64. The summed E-state index contributed by atoms with van der Waals surface area (Å²) in [6.07, 6.45) is 0.896. The normalized spacial score (nSPS) is 11.7. The van der Waals surface area contributed by atoms with Crippen LogP contribution in [0.15, 0.2) is 127 Å². The first-order valence-corrected chi connectivity index (χ1v) is 14.6. The van der Waals surface area contributed by atoms with Crippen LogP contribution in [-0.4, -0.2) is 23.8 Å². The van der Waals surface area contributed by atoms with Crippen LogP contribution in [0.2, 0.25) is 0 Å². The van der Waals surface area contributed by atoms with Crippen molar-refractivity contribution in [2.24, 2.45) is 0 Å². The predicted molar refractivity (Wildman–Crippen MR) is 150 cm³/mol. The average molecular weight is 502 g/mol. The molecule has 0 aliphatic rings. The maximum atomic E-state index is 12.0. The number of alkyl halides is 1. The first kappa shape index (κ1) is 24.4. The summed E-state index contributed by atoms with van der Waals surface area (Å²) in [6.45, 7) is 0.649. The quantitative estimate of drug-likeness (QED) is 0.186. The Balaban J connectivity index is 1.52. The van der Waals surface area contributed by atoms with Gasteiger partial charge in [0, 0.05) is 6.54 Å². The van der Waals surface area contributed by atoms with E-state index in [4.69, 9.17) is 11.6 Å². The first-order valence-electron chi connectivity index (χ1n) is 11.2. The van der Waals surface area contributed by atoms with Gasteiger partial charge in [0.15, 0.2) is 0 Å². The van der Waals surface area contributed by atoms with Crippen LogP contribution in [0.25, 0.3) is 0 Å². The molecule has 1 unspecified atom stereocenters. The monoisotopic (exact) mass is 501 g/mol. The molecule has 0 aromatic heterocycles. The number of rotatable bonds is 10. The lowest BCUT2D eigenvalue weighted by atomic mass is 10.4. The highest BCUT2D eigenvalue weighted by atomic mass is 35.5. The molecule has 0 aliphatic heterocycles. The van der Waals surface area contributed by atoms with Crippen molar-refractivity contribution in [3.05, 3.63) is 127 Å². The Morgan fingerprint density at radius 1 is 0.676 bits per heavy atom. The zero-order valence-corrected chi connectivity index (χ0v) is 21.3.